The second kappa shape index (κ2) is 5.28. The minimum atomic E-state index is -1.37. The van der Waals surface area contributed by atoms with Gasteiger partial charge in [0.15, 0.2) is 8.32 Å². The first-order valence-electron chi connectivity index (χ1n) is 5.84. The zero-order valence-electron chi connectivity index (χ0n) is 10.2. The Morgan fingerprint density at radius 3 is 2.29 bits per heavy atom. The van der Waals surface area contributed by atoms with Crippen molar-refractivity contribution >= 4 is 8.32 Å². The minimum absolute atomic E-state index is 0.719. The highest BCUT2D eigenvalue weighted by Crippen LogP contribution is 2.20. The fraction of sp³-hybridized carbons (Fsp3) is 1.00. The molecule has 1 aliphatic rings. The Morgan fingerprint density at radius 2 is 1.79 bits per heavy atom. The summed E-state index contributed by atoms with van der Waals surface area (Å²) < 4.78 is 5.61. The fourth-order valence-corrected chi connectivity index (χ4v) is 4.13. The summed E-state index contributed by atoms with van der Waals surface area (Å²) in [4.78, 5) is 2.64. The Labute approximate surface area is 89.8 Å². The van der Waals surface area contributed by atoms with Crippen LogP contribution in [0.15, 0.2) is 0 Å². The van der Waals surface area contributed by atoms with E-state index >= 15 is 0 Å². The Hall–Kier alpha value is 0.137. The SMILES string of the molecule is CO[Si](C)(C)CC(C)N1CCCCC1. The summed E-state index contributed by atoms with van der Waals surface area (Å²) in [7, 11) is 0.504. The molecule has 0 aliphatic carbocycles. The van der Waals surface area contributed by atoms with Crippen LogP contribution in [0.2, 0.25) is 19.1 Å². The molecule has 0 radical (unpaired) electrons. The Morgan fingerprint density at radius 1 is 1.21 bits per heavy atom. The average Bonchev–Trinajstić information content (AvgIpc) is 2.19. The normalized spacial score (nSPS) is 22.3. The van der Waals surface area contributed by atoms with Crippen LogP contribution in [0.3, 0.4) is 0 Å². The second-order valence-corrected chi connectivity index (χ2v) is 9.45. The first-order valence-corrected chi connectivity index (χ1v) is 8.96. The summed E-state index contributed by atoms with van der Waals surface area (Å²) in [5.74, 6) is 0. The van der Waals surface area contributed by atoms with Gasteiger partial charge in [-0.2, -0.15) is 0 Å². The lowest BCUT2D eigenvalue weighted by molar-refractivity contribution is 0.180. The predicted molar refractivity (Wildman–Crippen MR) is 64.2 cm³/mol. The van der Waals surface area contributed by atoms with Crippen LogP contribution in [-0.2, 0) is 4.43 Å². The van der Waals surface area contributed by atoms with Crippen molar-refractivity contribution in [2.75, 3.05) is 20.2 Å². The van der Waals surface area contributed by atoms with Crippen molar-refractivity contribution in [3.63, 3.8) is 0 Å². The van der Waals surface area contributed by atoms with E-state index in [2.05, 4.69) is 24.9 Å². The molecule has 0 saturated carbocycles. The summed E-state index contributed by atoms with van der Waals surface area (Å²) in [6.45, 7) is 9.59. The van der Waals surface area contributed by atoms with Crippen LogP contribution in [0.5, 0.6) is 0 Å². The van der Waals surface area contributed by atoms with Crippen LogP contribution in [-0.4, -0.2) is 39.5 Å². The second-order valence-electron chi connectivity index (χ2n) is 5.11. The van der Waals surface area contributed by atoms with Crippen LogP contribution in [0.25, 0.3) is 0 Å². The zero-order valence-corrected chi connectivity index (χ0v) is 11.2. The van der Waals surface area contributed by atoms with Crippen molar-refractivity contribution in [1.29, 1.82) is 0 Å². The highest BCUT2D eigenvalue weighted by atomic mass is 28.4. The Balaban J connectivity index is 2.36. The molecule has 0 aromatic carbocycles. The largest absolute Gasteiger partial charge is 0.420 e. The smallest absolute Gasteiger partial charge is 0.187 e. The zero-order chi connectivity index (χ0) is 10.6. The van der Waals surface area contributed by atoms with Crippen molar-refractivity contribution in [3.8, 4) is 0 Å². The summed E-state index contributed by atoms with van der Waals surface area (Å²) in [5.41, 5.74) is 0. The van der Waals surface area contributed by atoms with E-state index in [-0.39, 0.29) is 0 Å². The molecule has 1 atom stereocenters. The van der Waals surface area contributed by atoms with Crippen molar-refractivity contribution < 1.29 is 4.43 Å². The van der Waals surface area contributed by atoms with E-state index in [4.69, 9.17) is 4.43 Å². The molecule has 0 spiro atoms. The maximum Gasteiger partial charge on any atom is 0.187 e. The molecule has 1 aliphatic heterocycles. The third-order valence-electron chi connectivity index (χ3n) is 3.35. The summed E-state index contributed by atoms with van der Waals surface area (Å²) in [5, 5.41) is 0. The summed E-state index contributed by atoms with van der Waals surface area (Å²) >= 11 is 0. The van der Waals surface area contributed by atoms with E-state index in [0.717, 1.165) is 6.04 Å². The van der Waals surface area contributed by atoms with Crippen LogP contribution in [0.4, 0.5) is 0 Å². The average molecular weight is 215 g/mol. The number of nitrogens with zero attached hydrogens (tertiary/aromatic N) is 1. The van der Waals surface area contributed by atoms with Crippen LogP contribution in [0.1, 0.15) is 26.2 Å². The maximum atomic E-state index is 5.61. The number of piperidine rings is 1. The van der Waals surface area contributed by atoms with Crippen LogP contribution in [0, 0.1) is 0 Å². The standard InChI is InChI=1S/C11H25NOSi/c1-11(10-14(3,4)13-2)12-8-6-5-7-9-12/h11H,5-10H2,1-4H3. The van der Waals surface area contributed by atoms with Gasteiger partial charge in [-0.25, -0.2) is 0 Å². The fourth-order valence-electron chi connectivity index (χ4n) is 2.28. The number of hydrogen-bond donors (Lipinski definition) is 0. The van der Waals surface area contributed by atoms with Crippen molar-refractivity contribution in [3.05, 3.63) is 0 Å². The lowest BCUT2D eigenvalue weighted by Gasteiger charge is -2.35. The van der Waals surface area contributed by atoms with Gasteiger partial charge < -0.3 is 9.33 Å². The molecule has 0 aromatic heterocycles. The molecular formula is C11H25NOSi. The molecule has 2 nitrogen and oxygen atoms in total. The molecule has 3 heteroatoms. The first-order chi connectivity index (χ1) is 6.55. The van der Waals surface area contributed by atoms with Gasteiger partial charge >= 0.3 is 0 Å². The van der Waals surface area contributed by atoms with Crippen LogP contribution < -0.4 is 0 Å². The molecule has 1 unspecified atom stereocenters. The van der Waals surface area contributed by atoms with Crippen LogP contribution >= 0.6 is 0 Å². The van der Waals surface area contributed by atoms with E-state index in [1.54, 1.807) is 0 Å². The van der Waals surface area contributed by atoms with Gasteiger partial charge in [0.2, 0.25) is 0 Å². The van der Waals surface area contributed by atoms with Gasteiger partial charge in [-0.05, 0) is 52.0 Å². The molecule has 1 heterocycles. The monoisotopic (exact) mass is 215 g/mol. The van der Waals surface area contributed by atoms with E-state index < -0.39 is 8.32 Å². The predicted octanol–water partition coefficient (Wildman–Crippen LogP) is 2.71. The molecule has 0 aromatic rings. The first kappa shape index (κ1) is 12.2. The highest BCUT2D eigenvalue weighted by Gasteiger charge is 2.27. The number of likely N-dealkylation sites (tertiary alicyclic amines) is 1. The number of rotatable bonds is 4. The molecule has 14 heavy (non-hydrogen) atoms. The molecule has 0 bridgehead atoms. The molecule has 84 valence electrons. The molecule has 1 rings (SSSR count). The van der Waals surface area contributed by atoms with Gasteiger partial charge in [0, 0.05) is 13.2 Å². The third kappa shape index (κ3) is 3.71. The summed E-state index contributed by atoms with van der Waals surface area (Å²) in [6, 6.07) is 1.99. The highest BCUT2D eigenvalue weighted by molar-refractivity contribution is 6.71. The summed E-state index contributed by atoms with van der Waals surface area (Å²) in [6.07, 6.45) is 4.20. The Kier molecular flexibility index (Phi) is 4.61. The van der Waals surface area contributed by atoms with Gasteiger partial charge in [0.1, 0.15) is 0 Å². The van der Waals surface area contributed by atoms with E-state index in [1.807, 2.05) is 7.11 Å². The van der Waals surface area contributed by atoms with Crippen molar-refractivity contribution in [2.24, 2.45) is 0 Å². The topological polar surface area (TPSA) is 12.5 Å². The van der Waals surface area contributed by atoms with E-state index in [1.165, 1.54) is 38.4 Å². The maximum absolute atomic E-state index is 5.61. The Bertz CT molecular complexity index is 167. The molecule has 0 N–H and O–H groups in total. The quantitative estimate of drug-likeness (QED) is 0.669. The molecular weight excluding hydrogens is 190 g/mol. The lowest BCUT2D eigenvalue weighted by atomic mass is 10.1. The van der Waals surface area contributed by atoms with E-state index in [9.17, 15) is 0 Å². The minimum Gasteiger partial charge on any atom is -0.420 e. The van der Waals surface area contributed by atoms with Gasteiger partial charge in [-0.3, -0.25) is 0 Å². The van der Waals surface area contributed by atoms with Gasteiger partial charge in [0.05, 0.1) is 0 Å². The molecule has 0 amide bonds. The van der Waals surface area contributed by atoms with Crippen molar-refractivity contribution in [1.82, 2.24) is 4.90 Å². The third-order valence-corrected chi connectivity index (χ3v) is 6.03. The molecule has 1 fully saturated rings. The lowest BCUT2D eigenvalue weighted by Crippen LogP contribution is -2.43. The van der Waals surface area contributed by atoms with Gasteiger partial charge in [-0.1, -0.05) is 6.42 Å². The van der Waals surface area contributed by atoms with Gasteiger partial charge in [-0.15, -0.1) is 0 Å². The van der Waals surface area contributed by atoms with Gasteiger partial charge in [0.25, 0.3) is 0 Å². The molecule has 1 saturated heterocycles. The van der Waals surface area contributed by atoms with E-state index in [0.29, 0.717) is 0 Å². The number of hydrogen-bond acceptors (Lipinski definition) is 2. The van der Waals surface area contributed by atoms with Crippen molar-refractivity contribution in [2.45, 2.75) is 51.4 Å².